The molecular weight excluding hydrogens is 340 g/mol. The van der Waals surface area contributed by atoms with E-state index in [4.69, 9.17) is 9.47 Å². The minimum atomic E-state index is -0.428. The Hall–Kier alpha value is -3.14. The van der Waals surface area contributed by atoms with Crippen LogP contribution in [0.5, 0.6) is 11.5 Å². The van der Waals surface area contributed by atoms with E-state index in [1.165, 1.54) is 0 Å². The second-order valence-corrected chi connectivity index (χ2v) is 6.66. The number of hydrogen-bond donors (Lipinski definition) is 0. The van der Waals surface area contributed by atoms with Crippen molar-refractivity contribution < 1.29 is 19.1 Å². The van der Waals surface area contributed by atoms with Crippen molar-refractivity contribution in [1.82, 2.24) is 0 Å². The SMILES string of the molecule is C=C(C)C(=O)Oc1ccc(CC(C)c2ccc(OC(=O)C(=C)C)cc2)cc1. The van der Waals surface area contributed by atoms with Gasteiger partial charge in [-0.2, -0.15) is 0 Å². The molecule has 4 heteroatoms. The van der Waals surface area contributed by atoms with Gasteiger partial charge in [-0.3, -0.25) is 0 Å². The highest BCUT2D eigenvalue weighted by molar-refractivity contribution is 5.89. The zero-order valence-corrected chi connectivity index (χ0v) is 16.0. The fourth-order valence-electron chi connectivity index (χ4n) is 2.42. The quantitative estimate of drug-likeness (QED) is 0.394. The Morgan fingerprint density at radius 2 is 1.22 bits per heavy atom. The summed E-state index contributed by atoms with van der Waals surface area (Å²) in [5.74, 6) is 0.428. The molecule has 0 amide bonds. The fraction of sp³-hybridized carbons (Fsp3) is 0.217. The van der Waals surface area contributed by atoms with E-state index in [1.54, 1.807) is 38.1 Å². The van der Waals surface area contributed by atoms with Gasteiger partial charge >= 0.3 is 11.9 Å². The molecular formula is C23H24O4. The van der Waals surface area contributed by atoms with E-state index in [0.717, 1.165) is 17.5 Å². The molecule has 2 rings (SSSR count). The van der Waals surface area contributed by atoms with Crippen LogP contribution in [0, 0.1) is 0 Å². The average Bonchev–Trinajstić information content (AvgIpc) is 2.63. The van der Waals surface area contributed by atoms with Crippen molar-refractivity contribution in [3.05, 3.63) is 84.0 Å². The van der Waals surface area contributed by atoms with Gasteiger partial charge in [0.25, 0.3) is 0 Å². The van der Waals surface area contributed by atoms with E-state index >= 15 is 0 Å². The van der Waals surface area contributed by atoms with Gasteiger partial charge in [-0.05, 0) is 61.6 Å². The Morgan fingerprint density at radius 1 is 0.815 bits per heavy atom. The zero-order valence-electron chi connectivity index (χ0n) is 16.0. The van der Waals surface area contributed by atoms with Gasteiger partial charge in [0.05, 0.1) is 0 Å². The van der Waals surface area contributed by atoms with Crippen molar-refractivity contribution in [2.24, 2.45) is 0 Å². The van der Waals surface area contributed by atoms with Crippen LogP contribution in [0.25, 0.3) is 0 Å². The Kier molecular flexibility index (Phi) is 6.72. The van der Waals surface area contributed by atoms with E-state index in [-0.39, 0.29) is 5.92 Å². The summed E-state index contributed by atoms with van der Waals surface area (Å²) >= 11 is 0. The number of esters is 2. The van der Waals surface area contributed by atoms with Crippen LogP contribution in [0.4, 0.5) is 0 Å². The summed E-state index contributed by atoms with van der Waals surface area (Å²) < 4.78 is 10.4. The Labute approximate surface area is 160 Å². The van der Waals surface area contributed by atoms with Crippen molar-refractivity contribution >= 4 is 11.9 Å². The van der Waals surface area contributed by atoms with Gasteiger partial charge in [0.1, 0.15) is 11.5 Å². The predicted molar refractivity (Wildman–Crippen MR) is 106 cm³/mol. The van der Waals surface area contributed by atoms with E-state index in [0.29, 0.717) is 22.6 Å². The van der Waals surface area contributed by atoms with E-state index in [2.05, 4.69) is 20.1 Å². The molecule has 1 unspecified atom stereocenters. The standard InChI is InChI=1S/C23H24O4/c1-15(2)22(24)26-20-10-6-18(7-11-20)14-17(5)19-8-12-21(13-9-19)27-23(25)16(3)4/h6-13,17H,1,3,14H2,2,4-5H3. The number of carbonyl (C=O) groups is 2. The molecule has 0 spiro atoms. The summed E-state index contributed by atoms with van der Waals surface area (Å²) in [6, 6.07) is 14.9. The third-order valence-corrected chi connectivity index (χ3v) is 4.03. The molecule has 27 heavy (non-hydrogen) atoms. The maximum absolute atomic E-state index is 11.5. The molecule has 0 saturated carbocycles. The molecule has 0 aliphatic carbocycles. The molecule has 2 aromatic carbocycles. The van der Waals surface area contributed by atoms with Gasteiger partial charge in [0, 0.05) is 11.1 Å². The van der Waals surface area contributed by atoms with Crippen molar-refractivity contribution in [1.29, 1.82) is 0 Å². The topological polar surface area (TPSA) is 52.6 Å². The van der Waals surface area contributed by atoms with Crippen molar-refractivity contribution in [3.8, 4) is 11.5 Å². The van der Waals surface area contributed by atoms with E-state index in [9.17, 15) is 9.59 Å². The Bertz CT molecular complexity index is 845. The van der Waals surface area contributed by atoms with Crippen molar-refractivity contribution in [3.63, 3.8) is 0 Å². The lowest BCUT2D eigenvalue weighted by atomic mass is 9.94. The molecule has 0 radical (unpaired) electrons. The molecule has 0 bridgehead atoms. The summed E-state index contributed by atoms with van der Waals surface area (Å²) in [5, 5.41) is 0. The second-order valence-electron chi connectivity index (χ2n) is 6.66. The van der Waals surface area contributed by atoms with Crippen LogP contribution in [0.2, 0.25) is 0 Å². The molecule has 0 N–H and O–H groups in total. The van der Waals surface area contributed by atoms with Crippen molar-refractivity contribution in [2.75, 3.05) is 0 Å². The molecule has 0 heterocycles. The van der Waals surface area contributed by atoms with E-state index < -0.39 is 11.9 Å². The maximum Gasteiger partial charge on any atom is 0.338 e. The molecule has 0 fully saturated rings. The van der Waals surface area contributed by atoms with Crippen LogP contribution < -0.4 is 9.47 Å². The third kappa shape index (κ3) is 5.96. The van der Waals surface area contributed by atoms with Gasteiger partial charge in [0.2, 0.25) is 0 Å². The highest BCUT2D eigenvalue weighted by Crippen LogP contribution is 2.24. The number of carbonyl (C=O) groups excluding carboxylic acids is 2. The van der Waals surface area contributed by atoms with Crippen LogP contribution in [0.15, 0.2) is 72.8 Å². The molecule has 0 aliphatic rings. The molecule has 1 atom stereocenters. The normalized spacial score (nSPS) is 11.4. The molecule has 0 saturated heterocycles. The first-order chi connectivity index (χ1) is 12.8. The average molecular weight is 364 g/mol. The van der Waals surface area contributed by atoms with Crippen LogP contribution >= 0.6 is 0 Å². The number of hydrogen-bond acceptors (Lipinski definition) is 4. The van der Waals surface area contributed by atoms with Gasteiger partial charge in [-0.25, -0.2) is 9.59 Å². The smallest absolute Gasteiger partial charge is 0.338 e. The van der Waals surface area contributed by atoms with Gasteiger partial charge in [-0.1, -0.05) is 44.3 Å². The third-order valence-electron chi connectivity index (χ3n) is 4.03. The molecule has 0 aromatic heterocycles. The van der Waals surface area contributed by atoms with Gasteiger partial charge < -0.3 is 9.47 Å². The van der Waals surface area contributed by atoms with E-state index in [1.807, 2.05) is 24.3 Å². The first-order valence-corrected chi connectivity index (χ1v) is 8.70. The van der Waals surface area contributed by atoms with Crippen LogP contribution in [0.1, 0.15) is 37.8 Å². The summed E-state index contributed by atoms with van der Waals surface area (Å²) in [4.78, 5) is 23.1. The lowest BCUT2D eigenvalue weighted by Crippen LogP contribution is -2.08. The summed E-state index contributed by atoms with van der Waals surface area (Å²) in [6.45, 7) is 12.5. The van der Waals surface area contributed by atoms with Gasteiger partial charge in [0.15, 0.2) is 0 Å². The zero-order chi connectivity index (χ0) is 20.0. The minimum Gasteiger partial charge on any atom is -0.423 e. The molecule has 2 aromatic rings. The predicted octanol–water partition coefficient (Wildman–Crippen LogP) is 5.00. The highest BCUT2D eigenvalue weighted by atomic mass is 16.5. The Balaban J connectivity index is 1.97. The van der Waals surface area contributed by atoms with Crippen LogP contribution in [-0.2, 0) is 16.0 Å². The maximum atomic E-state index is 11.5. The largest absolute Gasteiger partial charge is 0.423 e. The number of ether oxygens (including phenoxy) is 2. The second kappa shape index (κ2) is 8.99. The van der Waals surface area contributed by atoms with Crippen LogP contribution in [-0.4, -0.2) is 11.9 Å². The van der Waals surface area contributed by atoms with Crippen LogP contribution in [0.3, 0.4) is 0 Å². The number of rotatable bonds is 7. The van der Waals surface area contributed by atoms with Gasteiger partial charge in [-0.15, -0.1) is 0 Å². The fourth-order valence-corrected chi connectivity index (χ4v) is 2.42. The highest BCUT2D eigenvalue weighted by Gasteiger charge is 2.10. The summed E-state index contributed by atoms with van der Waals surface area (Å²) in [6.07, 6.45) is 0.833. The van der Waals surface area contributed by atoms with Crippen molar-refractivity contribution in [2.45, 2.75) is 33.1 Å². The lowest BCUT2D eigenvalue weighted by Gasteiger charge is -2.13. The molecule has 4 nitrogen and oxygen atoms in total. The monoisotopic (exact) mass is 364 g/mol. The lowest BCUT2D eigenvalue weighted by molar-refractivity contribution is -0.130. The first-order valence-electron chi connectivity index (χ1n) is 8.70. The number of benzene rings is 2. The molecule has 0 aliphatic heterocycles. The Morgan fingerprint density at radius 3 is 1.63 bits per heavy atom. The summed E-state index contributed by atoms with van der Waals surface area (Å²) in [5.41, 5.74) is 3.01. The minimum absolute atomic E-state index is 0.278. The molecule has 140 valence electrons. The summed E-state index contributed by atoms with van der Waals surface area (Å²) in [7, 11) is 0. The first kappa shape index (κ1) is 20.2.